The molecule has 7 aliphatic carbocycles. The molecule has 0 bridgehead atoms. The second-order valence-electron chi connectivity index (χ2n) is 13.6. The molecule has 8 rings (SSSR count). The molecule has 1 saturated carbocycles. The fraction of sp³-hybridized carbons (Fsp3) is 0.450. The Morgan fingerprint density at radius 2 is 1.67 bits per heavy atom. The number of benzene rings is 1. The third kappa shape index (κ3) is 4.62. The second kappa shape index (κ2) is 11.4. The van der Waals surface area contributed by atoms with Gasteiger partial charge in [-0.15, -0.1) is 0 Å². The largest absolute Gasteiger partial charge is 0.358 e. The molecule has 216 valence electrons. The van der Waals surface area contributed by atoms with Gasteiger partial charge >= 0.3 is 0 Å². The topological polar surface area (TPSA) is 6.48 Å². The first-order valence-electron chi connectivity index (χ1n) is 17.0. The highest BCUT2D eigenvalue weighted by atomic mass is 15.2. The van der Waals surface area contributed by atoms with E-state index in [2.05, 4.69) is 107 Å². The Bertz CT molecular complexity index is 1430. The summed E-state index contributed by atoms with van der Waals surface area (Å²) in [6.07, 6.45) is 41.9. The predicted molar refractivity (Wildman–Crippen MR) is 176 cm³/mol. The summed E-state index contributed by atoms with van der Waals surface area (Å²) < 4.78 is 0. The van der Waals surface area contributed by atoms with E-state index >= 15 is 0 Å². The number of anilines is 1. The molecule has 0 heterocycles. The van der Waals surface area contributed by atoms with E-state index in [9.17, 15) is 0 Å². The van der Waals surface area contributed by atoms with Crippen LogP contribution in [0.3, 0.4) is 0 Å². The van der Waals surface area contributed by atoms with Crippen molar-refractivity contribution < 1.29 is 0 Å². The van der Waals surface area contributed by atoms with Gasteiger partial charge in [-0.25, -0.2) is 0 Å². The van der Waals surface area contributed by atoms with Crippen LogP contribution >= 0.6 is 0 Å². The van der Waals surface area contributed by atoms with Crippen LogP contribution in [0.5, 0.6) is 0 Å². The first-order valence-corrected chi connectivity index (χ1v) is 17.0. The minimum atomic E-state index is 0.410. The van der Waals surface area contributed by atoms with Crippen molar-refractivity contribution in [1.29, 1.82) is 0 Å². The molecule has 7 aliphatic rings. The number of hydrogen-bond acceptors (Lipinski definition) is 2. The molecular weight excluding hydrogens is 508 g/mol. The molecule has 0 amide bonds. The Kier molecular flexibility index (Phi) is 7.18. The monoisotopic (exact) mass is 554 g/mol. The molecule has 1 aromatic rings. The molecule has 1 fully saturated rings. The van der Waals surface area contributed by atoms with Crippen molar-refractivity contribution in [3.05, 3.63) is 125 Å². The van der Waals surface area contributed by atoms with Gasteiger partial charge < -0.3 is 9.80 Å². The Morgan fingerprint density at radius 3 is 2.48 bits per heavy atom. The van der Waals surface area contributed by atoms with Crippen molar-refractivity contribution in [2.24, 2.45) is 23.7 Å². The van der Waals surface area contributed by atoms with E-state index in [4.69, 9.17) is 0 Å². The maximum absolute atomic E-state index is 2.80. The minimum Gasteiger partial charge on any atom is -0.358 e. The number of allylic oxidation sites excluding steroid dienone is 12. The van der Waals surface area contributed by atoms with Crippen LogP contribution in [0.2, 0.25) is 0 Å². The van der Waals surface area contributed by atoms with E-state index in [0.29, 0.717) is 29.8 Å². The minimum absolute atomic E-state index is 0.410. The van der Waals surface area contributed by atoms with Crippen LogP contribution in [0.25, 0.3) is 0 Å². The van der Waals surface area contributed by atoms with Crippen molar-refractivity contribution in [2.45, 2.75) is 89.1 Å². The molecule has 2 heteroatoms. The third-order valence-electron chi connectivity index (χ3n) is 11.3. The van der Waals surface area contributed by atoms with Gasteiger partial charge in [-0.2, -0.15) is 0 Å². The zero-order valence-electron chi connectivity index (χ0n) is 25.1. The Morgan fingerprint density at radius 1 is 0.714 bits per heavy atom. The van der Waals surface area contributed by atoms with Crippen LogP contribution in [-0.2, 0) is 0 Å². The van der Waals surface area contributed by atoms with Crippen LogP contribution in [0.4, 0.5) is 5.69 Å². The summed E-state index contributed by atoms with van der Waals surface area (Å²) >= 11 is 0. The highest BCUT2D eigenvalue weighted by Crippen LogP contribution is 2.58. The van der Waals surface area contributed by atoms with E-state index in [-0.39, 0.29) is 0 Å². The molecule has 0 spiro atoms. The van der Waals surface area contributed by atoms with E-state index in [1.165, 1.54) is 82.0 Å². The van der Waals surface area contributed by atoms with Crippen molar-refractivity contribution >= 4 is 5.69 Å². The van der Waals surface area contributed by atoms with Gasteiger partial charge in [0.1, 0.15) is 0 Å². The summed E-state index contributed by atoms with van der Waals surface area (Å²) in [7, 11) is 0. The average molecular weight is 555 g/mol. The van der Waals surface area contributed by atoms with Gasteiger partial charge in [0.05, 0.1) is 12.1 Å². The van der Waals surface area contributed by atoms with E-state index in [1.807, 2.05) is 5.57 Å². The summed E-state index contributed by atoms with van der Waals surface area (Å²) in [5, 5.41) is 0. The Labute approximate surface area is 253 Å². The van der Waals surface area contributed by atoms with E-state index < -0.39 is 0 Å². The summed E-state index contributed by atoms with van der Waals surface area (Å²) in [6, 6.07) is 12.1. The number of rotatable bonds is 6. The van der Waals surface area contributed by atoms with Gasteiger partial charge in [-0.05, 0) is 113 Å². The lowest BCUT2D eigenvalue weighted by Crippen LogP contribution is -2.52. The molecule has 0 aromatic heterocycles. The van der Waals surface area contributed by atoms with Crippen LogP contribution < -0.4 is 4.90 Å². The highest BCUT2D eigenvalue weighted by molar-refractivity contribution is 5.55. The maximum Gasteiger partial charge on any atom is 0.0548 e. The third-order valence-corrected chi connectivity index (χ3v) is 11.3. The molecule has 0 saturated heterocycles. The van der Waals surface area contributed by atoms with Gasteiger partial charge in [-0.1, -0.05) is 84.5 Å². The maximum atomic E-state index is 2.80. The van der Waals surface area contributed by atoms with Crippen LogP contribution in [-0.4, -0.2) is 17.0 Å². The fourth-order valence-electron chi connectivity index (χ4n) is 9.58. The van der Waals surface area contributed by atoms with Crippen LogP contribution in [0.1, 0.15) is 77.0 Å². The standard InChI is InChI=1S/C40H46N2/c1-5-13-31(14-6-1)41(32-15-7-2-8-16-32)37-27-23-29-22-26-36-38(28-24-30-21-25-35(37)39(29)40(30)36)42(33-17-9-3-10-18-33)34-19-11-4-12-20-34/h1-3,5-9,13-15,17,19,23,27-28,30,32,35-37,40H,4,10-12,16,18,20-22,24-26H2. The second-order valence-corrected chi connectivity index (χ2v) is 13.6. The smallest absolute Gasteiger partial charge is 0.0548 e. The van der Waals surface area contributed by atoms with Crippen LogP contribution in [0.15, 0.2) is 125 Å². The van der Waals surface area contributed by atoms with Crippen molar-refractivity contribution in [2.75, 3.05) is 4.90 Å². The first-order chi connectivity index (χ1) is 20.9. The van der Waals surface area contributed by atoms with Gasteiger partial charge in [0.2, 0.25) is 0 Å². The molecular formula is C40H46N2. The van der Waals surface area contributed by atoms with E-state index in [0.717, 1.165) is 12.3 Å². The van der Waals surface area contributed by atoms with Gasteiger partial charge in [0.25, 0.3) is 0 Å². The zero-order chi connectivity index (χ0) is 27.9. The highest BCUT2D eigenvalue weighted by Gasteiger charge is 2.50. The fourth-order valence-corrected chi connectivity index (χ4v) is 9.58. The Hall–Kier alpha value is -3.26. The molecule has 0 aliphatic heterocycles. The molecule has 6 atom stereocenters. The van der Waals surface area contributed by atoms with Crippen molar-refractivity contribution in [1.82, 2.24) is 4.90 Å². The van der Waals surface area contributed by atoms with Crippen LogP contribution in [0, 0.1) is 23.7 Å². The summed E-state index contributed by atoms with van der Waals surface area (Å²) in [6.45, 7) is 0. The zero-order valence-corrected chi connectivity index (χ0v) is 25.1. The lowest BCUT2D eigenvalue weighted by molar-refractivity contribution is 0.146. The average Bonchev–Trinajstić information content (AvgIpc) is 3.07. The molecule has 2 nitrogen and oxygen atoms in total. The lowest BCUT2D eigenvalue weighted by atomic mass is 9.54. The summed E-state index contributed by atoms with van der Waals surface area (Å²) in [5.74, 6) is 2.77. The van der Waals surface area contributed by atoms with Crippen molar-refractivity contribution in [3.8, 4) is 0 Å². The van der Waals surface area contributed by atoms with E-state index in [1.54, 1.807) is 17.0 Å². The van der Waals surface area contributed by atoms with Gasteiger partial charge in [0, 0.05) is 34.6 Å². The lowest BCUT2D eigenvalue weighted by Gasteiger charge is -2.55. The SMILES string of the molecule is C1=CCCC(N(C2=CCCCC2)C2=CCC3CCC4C5=C(C=CC4N(c4ccccc4)C4C=CC=CC4)CCC2C53)=C1. The first kappa shape index (κ1) is 26.4. The normalized spacial score (nSPS) is 33.0. The molecule has 6 unspecified atom stereocenters. The molecule has 42 heavy (non-hydrogen) atoms. The number of hydrogen-bond donors (Lipinski definition) is 0. The number of para-hydroxylation sites is 1. The quantitative estimate of drug-likeness (QED) is 0.345. The summed E-state index contributed by atoms with van der Waals surface area (Å²) in [4.78, 5) is 5.57. The molecule has 0 N–H and O–H groups in total. The molecule has 1 aromatic carbocycles. The number of nitrogens with zero attached hydrogens (tertiary/aromatic N) is 2. The van der Waals surface area contributed by atoms with Crippen molar-refractivity contribution in [3.63, 3.8) is 0 Å². The summed E-state index contributed by atoms with van der Waals surface area (Å²) in [5.41, 5.74) is 9.70. The molecule has 0 radical (unpaired) electrons. The predicted octanol–water partition coefficient (Wildman–Crippen LogP) is 9.95. The van der Waals surface area contributed by atoms with Gasteiger partial charge in [-0.3, -0.25) is 0 Å². The Balaban J connectivity index is 1.16. The van der Waals surface area contributed by atoms with Gasteiger partial charge in [0.15, 0.2) is 0 Å².